The van der Waals surface area contributed by atoms with Gasteiger partial charge < -0.3 is 16.2 Å². The summed E-state index contributed by atoms with van der Waals surface area (Å²) in [4.78, 5) is 11.1. The average Bonchev–Trinajstić information content (AvgIpc) is 2.34. The fourth-order valence-electron chi connectivity index (χ4n) is 1.64. The summed E-state index contributed by atoms with van der Waals surface area (Å²) < 4.78 is 0. The third kappa shape index (κ3) is 3.39. The highest BCUT2D eigenvalue weighted by Gasteiger charge is 2.13. The molecule has 0 aliphatic heterocycles. The van der Waals surface area contributed by atoms with E-state index in [1.807, 2.05) is 6.92 Å². The lowest BCUT2D eigenvalue weighted by Gasteiger charge is -2.09. The number of carboxylic acids is 1. The zero-order valence-electron chi connectivity index (χ0n) is 9.99. The number of nitrogens with two attached hydrogens (primary N) is 1. The molecule has 0 unspecified atom stereocenters. The largest absolute Gasteiger partial charge is 0.478 e. The fourth-order valence-corrected chi connectivity index (χ4v) is 1.64. The molecule has 4 nitrogen and oxygen atoms in total. The van der Waals surface area contributed by atoms with Crippen molar-refractivity contribution in [2.75, 3.05) is 0 Å². The molecule has 0 spiro atoms. The molecule has 0 atom stereocenters. The second-order valence-electron chi connectivity index (χ2n) is 3.97. The molecular formula is C13H18N2O2. The predicted octanol–water partition coefficient (Wildman–Crippen LogP) is 2.40. The number of aromatic carboxylic acids is 1. The average molecular weight is 234 g/mol. The second-order valence-corrected chi connectivity index (χ2v) is 3.97. The molecule has 1 aromatic rings. The van der Waals surface area contributed by atoms with Gasteiger partial charge in [-0.05, 0) is 30.5 Å². The molecular weight excluding hydrogens is 216 g/mol. The minimum atomic E-state index is -0.996. The van der Waals surface area contributed by atoms with E-state index in [1.54, 1.807) is 12.1 Å². The third-order valence-electron chi connectivity index (χ3n) is 2.66. The van der Waals surface area contributed by atoms with Gasteiger partial charge in [0.2, 0.25) is 0 Å². The number of hydrogen-bond donors (Lipinski definition) is 3. The van der Waals surface area contributed by atoms with Crippen LogP contribution in [0.5, 0.6) is 0 Å². The number of rotatable bonds is 6. The predicted molar refractivity (Wildman–Crippen MR) is 67.6 cm³/mol. The van der Waals surface area contributed by atoms with Crippen molar-refractivity contribution in [2.24, 2.45) is 5.73 Å². The number of carboxylic acid groups (broad SMARTS) is 1. The van der Waals surface area contributed by atoms with Crippen LogP contribution in [-0.4, -0.2) is 16.8 Å². The van der Waals surface area contributed by atoms with Crippen LogP contribution in [0.2, 0.25) is 0 Å². The van der Waals surface area contributed by atoms with Crippen LogP contribution in [0.3, 0.4) is 0 Å². The molecule has 92 valence electrons. The van der Waals surface area contributed by atoms with Crippen molar-refractivity contribution in [3.8, 4) is 0 Å². The summed E-state index contributed by atoms with van der Waals surface area (Å²) in [7, 11) is 0. The Kier molecular flexibility index (Phi) is 4.84. The van der Waals surface area contributed by atoms with Crippen molar-refractivity contribution in [1.29, 1.82) is 5.41 Å². The summed E-state index contributed by atoms with van der Waals surface area (Å²) in [6.45, 7) is 2.40. The van der Waals surface area contributed by atoms with Gasteiger partial charge in [-0.25, -0.2) is 4.79 Å². The first kappa shape index (κ1) is 13.4. The number of carbonyl (C=O) groups is 1. The summed E-state index contributed by atoms with van der Waals surface area (Å²) in [5, 5.41) is 17.0. The summed E-state index contributed by atoms with van der Waals surface area (Å²) in [5.74, 6) is -0.996. The van der Waals surface area contributed by atoms with Gasteiger partial charge in [-0.3, -0.25) is 0 Å². The smallest absolute Gasteiger partial charge is 0.336 e. The van der Waals surface area contributed by atoms with Gasteiger partial charge in [0.15, 0.2) is 0 Å². The summed E-state index contributed by atoms with van der Waals surface area (Å²) in [5.41, 5.74) is 7.43. The maximum atomic E-state index is 11.1. The minimum Gasteiger partial charge on any atom is -0.478 e. The van der Waals surface area contributed by atoms with Crippen molar-refractivity contribution in [2.45, 2.75) is 32.7 Å². The monoisotopic (exact) mass is 234 g/mol. The summed E-state index contributed by atoms with van der Waals surface area (Å²) >= 11 is 0. The van der Waals surface area contributed by atoms with Crippen molar-refractivity contribution in [3.05, 3.63) is 34.9 Å². The highest BCUT2D eigenvalue weighted by atomic mass is 16.4. The summed E-state index contributed by atoms with van der Waals surface area (Å²) in [6, 6.07) is 4.93. The Labute approximate surface area is 101 Å². The van der Waals surface area contributed by atoms with Gasteiger partial charge in [0.05, 0.1) is 5.56 Å². The number of hydrogen-bond acceptors (Lipinski definition) is 3. The van der Waals surface area contributed by atoms with Crippen molar-refractivity contribution in [1.82, 2.24) is 0 Å². The first-order valence-electron chi connectivity index (χ1n) is 5.74. The molecule has 0 aliphatic rings. The molecule has 0 radical (unpaired) electrons. The molecule has 1 aromatic carbocycles. The normalized spacial score (nSPS) is 10.2. The molecule has 0 amide bonds. The lowest BCUT2D eigenvalue weighted by Crippen LogP contribution is -2.10. The number of unbranched alkanes of at least 4 members (excludes halogenated alkanes) is 1. The molecule has 0 heterocycles. The Hall–Kier alpha value is -1.68. The van der Waals surface area contributed by atoms with E-state index < -0.39 is 5.97 Å². The summed E-state index contributed by atoms with van der Waals surface area (Å²) in [6.07, 6.45) is 2.48. The first-order chi connectivity index (χ1) is 8.10. The van der Waals surface area contributed by atoms with Crippen molar-refractivity contribution in [3.63, 3.8) is 0 Å². The third-order valence-corrected chi connectivity index (χ3v) is 2.66. The Morgan fingerprint density at radius 3 is 2.65 bits per heavy atom. The molecule has 0 aromatic heterocycles. The molecule has 1 rings (SSSR count). The van der Waals surface area contributed by atoms with E-state index in [4.69, 9.17) is 16.2 Å². The fraction of sp³-hybridized carbons (Fsp3) is 0.385. The van der Waals surface area contributed by atoms with E-state index in [9.17, 15) is 4.79 Å². The SMILES string of the molecule is CCCCC(=N)c1cc(CN)ccc1C(=O)O. The first-order valence-corrected chi connectivity index (χ1v) is 5.74. The lowest BCUT2D eigenvalue weighted by atomic mass is 9.97. The van der Waals surface area contributed by atoms with Crippen LogP contribution >= 0.6 is 0 Å². The standard InChI is InChI=1S/C13H18N2O2/c1-2-3-4-12(15)11-7-9(8-14)5-6-10(11)13(16)17/h5-7,15H,2-4,8,14H2,1H3,(H,16,17). The molecule has 0 saturated heterocycles. The second kappa shape index (κ2) is 6.15. The topological polar surface area (TPSA) is 87.2 Å². The molecule has 0 bridgehead atoms. The van der Waals surface area contributed by atoms with Gasteiger partial charge in [0.1, 0.15) is 0 Å². The van der Waals surface area contributed by atoms with Crippen LogP contribution in [0, 0.1) is 5.41 Å². The Balaban J connectivity index is 3.08. The van der Waals surface area contributed by atoms with E-state index in [0.29, 0.717) is 24.2 Å². The van der Waals surface area contributed by atoms with Crippen molar-refractivity contribution >= 4 is 11.7 Å². The highest BCUT2D eigenvalue weighted by molar-refractivity contribution is 6.07. The van der Waals surface area contributed by atoms with Gasteiger partial charge in [0, 0.05) is 17.8 Å². The van der Waals surface area contributed by atoms with Gasteiger partial charge in [-0.15, -0.1) is 0 Å². The molecule has 0 saturated carbocycles. The van der Waals surface area contributed by atoms with Gasteiger partial charge in [0.25, 0.3) is 0 Å². The lowest BCUT2D eigenvalue weighted by molar-refractivity contribution is 0.0696. The molecule has 4 heteroatoms. The minimum absolute atomic E-state index is 0.184. The molecule has 0 aliphatic carbocycles. The van der Waals surface area contributed by atoms with Crippen LogP contribution in [0.4, 0.5) is 0 Å². The number of nitrogens with one attached hydrogen (secondary N) is 1. The van der Waals surface area contributed by atoms with Crippen molar-refractivity contribution < 1.29 is 9.90 Å². The Morgan fingerprint density at radius 2 is 2.12 bits per heavy atom. The van der Waals surface area contributed by atoms with Crippen LogP contribution in [-0.2, 0) is 6.54 Å². The highest BCUT2D eigenvalue weighted by Crippen LogP contribution is 2.15. The molecule has 17 heavy (non-hydrogen) atoms. The van der Waals surface area contributed by atoms with E-state index in [2.05, 4.69) is 0 Å². The van der Waals surface area contributed by atoms with Crippen LogP contribution in [0.15, 0.2) is 18.2 Å². The Bertz CT molecular complexity index is 427. The zero-order chi connectivity index (χ0) is 12.8. The van der Waals surface area contributed by atoms with E-state index >= 15 is 0 Å². The van der Waals surface area contributed by atoms with Crippen LogP contribution < -0.4 is 5.73 Å². The maximum absolute atomic E-state index is 11.1. The van der Waals surface area contributed by atoms with Crippen LogP contribution in [0.1, 0.15) is 47.7 Å². The number of benzene rings is 1. The molecule has 4 N–H and O–H groups in total. The van der Waals surface area contributed by atoms with Gasteiger partial charge >= 0.3 is 5.97 Å². The van der Waals surface area contributed by atoms with Gasteiger partial charge in [-0.1, -0.05) is 19.4 Å². The van der Waals surface area contributed by atoms with E-state index in [0.717, 1.165) is 18.4 Å². The molecule has 0 fully saturated rings. The van der Waals surface area contributed by atoms with E-state index in [1.165, 1.54) is 6.07 Å². The van der Waals surface area contributed by atoms with E-state index in [-0.39, 0.29) is 5.56 Å². The Morgan fingerprint density at radius 1 is 1.41 bits per heavy atom. The zero-order valence-corrected chi connectivity index (χ0v) is 9.99. The van der Waals surface area contributed by atoms with Gasteiger partial charge in [-0.2, -0.15) is 0 Å². The maximum Gasteiger partial charge on any atom is 0.336 e. The quantitative estimate of drug-likeness (QED) is 0.660. The van der Waals surface area contributed by atoms with Crippen LogP contribution in [0.25, 0.3) is 0 Å².